The number of amides is 3. The van der Waals surface area contributed by atoms with Gasteiger partial charge in [0.05, 0.1) is 16.9 Å². The molecule has 1 unspecified atom stereocenters. The van der Waals surface area contributed by atoms with E-state index in [0.29, 0.717) is 35.3 Å². The predicted molar refractivity (Wildman–Crippen MR) is 131 cm³/mol. The van der Waals surface area contributed by atoms with Gasteiger partial charge in [-0.15, -0.1) is 0 Å². The van der Waals surface area contributed by atoms with E-state index >= 15 is 0 Å². The highest BCUT2D eigenvalue weighted by Crippen LogP contribution is 2.36. The molecule has 0 radical (unpaired) electrons. The predicted octanol–water partition coefficient (Wildman–Crippen LogP) is 3.69. The Morgan fingerprint density at radius 1 is 1.21 bits per heavy atom. The lowest BCUT2D eigenvalue weighted by Gasteiger charge is -2.28. The van der Waals surface area contributed by atoms with Crippen molar-refractivity contribution in [2.75, 3.05) is 49.5 Å². The minimum Gasteiger partial charge on any atom is -0.336 e. The summed E-state index contributed by atoms with van der Waals surface area (Å²) < 4.78 is 0. The smallest absolute Gasteiger partial charge is 0.327 e. The first-order chi connectivity index (χ1) is 16.1. The van der Waals surface area contributed by atoms with Crippen molar-refractivity contribution in [3.8, 4) is 0 Å². The fourth-order valence-electron chi connectivity index (χ4n) is 4.82. The van der Waals surface area contributed by atoms with Gasteiger partial charge in [-0.3, -0.25) is 9.69 Å². The van der Waals surface area contributed by atoms with E-state index < -0.39 is 0 Å². The molecule has 1 fully saturated rings. The van der Waals surface area contributed by atoms with E-state index in [-0.39, 0.29) is 11.9 Å². The van der Waals surface area contributed by atoms with Gasteiger partial charge in [0.1, 0.15) is 0 Å². The van der Waals surface area contributed by atoms with Crippen LogP contribution in [0, 0.1) is 0 Å². The van der Waals surface area contributed by atoms with Crippen molar-refractivity contribution in [2.45, 2.75) is 39.2 Å². The SMILES string of the molecule is CCN(CC)CCC1CCCN1CCNC(=O)N1c2ccccc2C(=O)Nc2cccnc21. The van der Waals surface area contributed by atoms with Gasteiger partial charge >= 0.3 is 6.03 Å². The summed E-state index contributed by atoms with van der Waals surface area (Å²) in [6, 6.07) is 10.9. The minimum atomic E-state index is -0.280. The molecule has 33 heavy (non-hydrogen) atoms. The topological polar surface area (TPSA) is 80.8 Å². The molecule has 0 aliphatic carbocycles. The summed E-state index contributed by atoms with van der Waals surface area (Å²) >= 11 is 0. The molecule has 3 amide bonds. The third kappa shape index (κ3) is 5.17. The molecule has 1 aromatic heterocycles. The monoisotopic (exact) mass is 450 g/mol. The van der Waals surface area contributed by atoms with E-state index in [1.807, 2.05) is 6.07 Å². The number of nitrogens with one attached hydrogen (secondary N) is 2. The molecule has 2 aliphatic heterocycles. The molecule has 2 N–H and O–H groups in total. The molecule has 0 bridgehead atoms. The Morgan fingerprint density at radius 3 is 2.85 bits per heavy atom. The van der Waals surface area contributed by atoms with E-state index in [2.05, 4.69) is 39.3 Å². The van der Waals surface area contributed by atoms with Gasteiger partial charge in [0.25, 0.3) is 5.91 Å². The maximum absolute atomic E-state index is 13.3. The van der Waals surface area contributed by atoms with Crippen molar-refractivity contribution >= 4 is 29.1 Å². The molecule has 2 aliphatic rings. The summed E-state index contributed by atoms with van der Waals surface area (Å²) in [5, 5.41) is 5.93. The quantitative estimate of drug-likeness (QED) is 0.641. The van der Waals surface area contributed by atoms with Crippen molar-refractivity contribution in [2.24, 2.45) is 0 Å². The number of para-hydroxylation sites is 1. The molecular formula is C25H34N6O2. The van der Waals surface area contributed by atoms with Gasteiger partial charge in [-0.2, -0.15) is 0 Å². The van der Waals surface area contributed by atoms with E-state index in [0.717, 1.165) is 32.7 Å². The summed E-state index contributed by atoms with van der Waals surface area (Å²) in [6.45, 7) is 10.2. The van der Waals surface area contributed by atoms with Gasteiger partial charge in [-0.05, 0) is 69.7 Å². The van der Waals surface area contributed by atoms with Crippen LogP contribution in [0.1, 0.15) is 43.5 Å². The first kappa shape index (κ1) is 23.2. The second kappa shape index (κ2) is 10.8. The number of fused-ring (bicyclic) bond motifs is 2. The Labute approximate surface area is 196 Å². The largest absolute Gasteiger partial charge is 0.336 e. The summed E-state index contributed by atoms with van der Waals surface area (Å²) in [4.78, 5) is 36.9. The summed E-state index contributed by atoms with van der Waals surface area (Å²) in [7, 11) is 0. The number of hydrogen-bond acceptors (Lipinski definition) is 5. The van der Waals surface area contributed by atoms with Crippen LogP contribution in [0.4, 0.5) is 22.0 Å². The van der Waals surface area contributed by atoms with Gasteiger partial charge in [0.2, 0.25) is 0 Å². The molecule has 8 nitrogen and oxygen atoms in total. The van der Waals surface area contributed by atoms with Crippen LogP contribution in [0.15, 0.2) is 42.6 Å². The Hall–Kier alpha value is -2.97. The van der Waals surface area contributed by atoms with Gasteiger partial charge in [0, 0.05) is 25.3 Å². The molecule has 1 aromatic carbocycles. The zero-order chi connectivity index (χ0) is 23.2. The minimum absolute atomic E-state index is 0.247. The number of hydrogen-bond donors (Lipinski definition) is 2. The molecule has 4 rings (SSSR count). The summed E-state index contributed by atoms with van der Waals surface area (Å²) in [6.07, 6.45) is 5.23. The van der Waals surface area contributed by atoms with E-state index in [1.165, 1.54) is 24.2 Å². The standard InChI is InChI=1S/C25H34N6O2/c1-3-29(4-2)17-13-19-9-8-16-30(19)18-15-27-25(33)31-22-12-6-5-10-20(22)24(32)28-21-11-7-14-26-23(21)31/h5-7,10-12,14,19H,3-4,8-9,13,15-18H2,1-2H3,(H,27,33)(H,28,32). The van der Waals surface area contributed by atoms with Crippen molar-refractivity contribution in [1.29, 1.82) is 0 Å². The van der Waals surface area contributed by atoms with Crippen molar-refractivity contribution in [3.05, 3.63) is 48.2 Å². The van der Waals surface area contributed by atoms with Crippen molar-refractivity contribution in [3.63, 3.8) is 0 Å². The highest BCUT2D eigenvalue weighted by molar-refractivity contribution is 6.16. The second-order valence-corrected chi connectivity index (χ2v) is 8.56. The molecule has 0 saturated carbocycles. The molecular weight excluding hydrogens is 416 g/mol. The third-order valence-electron chi connectivity index (χ3n) is 6.69. The van der Waals surface area contributed by atoms with Crippen LogP contribution < -0.4 is 15.5 Å². The summed E-state index contributed by atoms with van der Waals surface area (Å²) in [5.74, 6) is 0.176. The number of urea groups is 1. The van der Waals surface area contributed by atoms with E-state index in [9.17, 15) is 9.59 Å². The number of rotatable bonds is 8. The van der Waals surface area contributed by atoms with Crippen molar-refractivity contribution in [1.82, 2.24) is 20.1 Å². The highest BCUT2D eigenvalue weighted by atomic mass is 16.2. The van der Waals surface area contributed by atoms with Crippen LogP contribution in [-0.2, 0) is 0 Å². The Morgan fingerprint density at radius 2 is 2.03 bits per heavy atom. The van der Waals surface area contributed by atoms with Gasteiger partial charge in [-0.1, -0.05) is 26.0 Å². The Kier molecular flexibility index (Phi) is 7.57. The number of nitrogens with zero attached hydrogens (tertiary/aromatic N) is 4. The molecule has 1 saturated heterocycles. The van der Waals surface area contributed by atoms with Crippen LogP contribution in [0.5, 0.6) is 0 Å². The van der Waals surface area contributed by atoms with Crippen LogP contribution in [-0.4, -0.2) is 72.0 Å². The number of aromatic nitrogens is 1. The first-order valence-corrected chi connectivity index (χ1v) is 12.0. The lowest BCUT2D eigenvalue weighted by Crippen LogP contribution is -2.43. The van der Waals surface area contributed by atoms with Crippen LogP contribution in [0.2, 0.25) is 0 Å². The number of pyridine rings is 1. The number of benzene rings is 1. The molecule has 3 heterocycles. The molecule has 0 spiro atoms. The maximum Gasteiger partial charge on any atom is 0.327 e. The fourth-order valence-corrected chi connectivity index (χ4v) is 4.82. The third-order valence-corrected chi connectivity index (χ3v) is 6.69. The second-order valence-electron chi connectivity index (χ2n) is 8.56. The highest BCUT2D eigenvalue weighted by Gasteiger charge is 2.30. The van der Waals surface area contributed by atoms with Crippen molar-refractivity contribution < 1.29 is 9.59 Å². The van der Waals surface area contributed by atoms with E-state index in [4.69, 9.17) is 0 Å². The van der Waals surface area contributed by atoms with Gasteiger partial charge in [0.15, 0.2) is 5.82 Å². The van der Waals surface area contributed by atoms with Gasteiger partial charge < -0.3 is 15.5 Å². The Bertz CT molecular complexity index is 977. The first-order valence-electron chi connectivity index (χ1n) is 12.0. The van der Waals surface area contributed by atoms with Gasteiger partial charge in [-0.25, -0.2) is 14.7 Å². The number of anilines is 3. The fraction of sp³-hybridized carbons (Fsp3) is 0.480. The normalized spacial score (nSPS) is 18.0. The molecule has 1 atom stereocenters. The number of carbonyl (C=O) groups excluding carboxylic acids is 2. The zero-order valence-electron chi connectivity index (χ0n) is 19.6. The van der Waals surface area contributed by atoms with E-state index in [1.54, 1.807) is 36.5 Å². The average molecular weight is 451 g/mol. The lowest BCUT2D eigenvalue weighted by atomic mass is 10.1. The number of likely N-dealkylation sites (tertiary alicyclic amines) is 1. The van der Waals surface area contributed by atoms with Crippen LogP contribution in [0.3, 0.4) is 0 Å². The number of carbonyl (C=O) groups is 2. The summed E-state index contributed by atoms with van der Waals surface area (Å²) in [5.41, 5.74) is 1.50. The Balaban J connectivity index is 1.42. The zero-order valence-corrected chi connectivity index (χ0v) is 19.6. The lowest BCUT2D eigenvalue weighted by molar-refractivity contribution is 0.102. The van der Waals surface area contributed by atoms with Crippen LogP contribution in [0.25, 0.3) is 0 Å². The van der Waals surface area contributed by atoms with Crippen LogP contribution >= 0.6 is 0 Å². The molecule has 8 heteroatoms. The maximum atomic E-state index is 13.3. The average Bonchev–Trinajstić information content (AvgIpc) is 3.23. The molecule has 2 aromatic rings. The molecule has 176 valence electrons.